The highest BCUT2D eigenvalue weighted by Crippen LogP contribution is 2.29. The van der Waals surface area contributed by atoms with E-state index in [0.29, 0.717) is 12.1 Å². The number of benzene rings is 1. The van der Waals surface area contributed by atoms with E-state index in [0.717, 1.165) is 25.7 Å². The smallest absolute Gasteiger partial charge is 0.325 e. The Hall–Kier alpha value is -1.39. The zero-order valence-corrected chi connectivity index (χ0v) is 10.3. The van der Waals surface area contributed by atoms with Gasteiger partial charge < -0.3 is 10.2 Å². The first-order chi connectivity index (χ1) is 8.61. The Balaban J connectivity index is 2.01. The molecule has 0 spiro atoms. The predicted molar refractivity (Wildman–Crippen MR) is 68.2 cm³/mol. The molecule has 0 radical (unpaired) electrons. The van der Waals surface area contributed by atoms with Crippen molar-refractivity contribution in [2.75, 3.05) is 6.54 Å². The minimum absolute atomic E-state index is 0.332. The highest BCUT2D eigenvalue weighted by atomic mass is 16.4. The molecule has 2 rings (SSSR count). The molecule has 0 heterocycles. The third kappa shape index (κ3) is 3.09. The van der Waals surface area contributed by atoms with Gasteiger partial charge in [-0.1, -0.05) is 43.2 Å². The maximum atomic E-state index is 11.3. The summed E-state index contributed by atoms with van der Waals surface area (Å²) in [5.41, 5.74) is -0.0192. The third-order valence-electron chi connectivity index (χ3n) is 3.55. The lowest BCUT2D eigenvalue weighted by atomic mass is 10.0. The molecule has 0 aliphatic heterocycles. The number of carboxylic acids is 1. The average Bonchev–Trinajstić information content (AvgIpc) is 2.78. The van der Waals surface area contributed by atoms with Gasteiger partial charge in [0.15, 0.2) is 0 Å². The number of hydrogen-bond donors (Lipinski definition) is 3. The molecule has 1 saturated carbocycles. The van der Waals surface area contributed by atoms with Gasteiger partial charge in [-0.3, -0.25) is 10.1 Å². The number of rotatable bonds is 5. The van der Waals surface area contributed by atoms with Crippen molar-refractivity contribution in [2.24, 2.45) is 0 Å². The Morgan fingerprint density at radius 3 is 2.44 bits per heavy atom. The highest BCUT2D eigenvalue weighted by molar-refractivity contribution is 5.75. The van der Waals surface area contributed by atoms with Gasteiger partial charge in [-0.25, -0.2) is 0 Å². The Morgan fingerprint density at radius 1 is 1.28 bits per heavy atom. The van der Waals surface area contributed by atoms with E-state index in [1.807, 2.05) is 18.2 Å². The van der Waals surface area contributed by atoms with Crippen LogP contribution in [0.2, 0.25) is 0 Å². The van der Waals surface area contributed by atoms with E-state index < -0.39 is 17.6 Å². The van der Waals surface area contributed by atoms with E-state index in [4.69, 9.17) is 0 Å². The van der Waals surface area contributed by atoms with Gasteiger partial charge >= 0.3 is 5.97 Å². The molecular formula is C14H19NO3. The second-order valence-electron chi connectivity index (χ2n) is 4.99. The van der Waals surface area contributed by atoms with Crippen molar-refractivity contribution in [3.05, 3.63) is 35.9 Å². The van der Waals surface area contributed by atoms with Crippen LogP contribution in [0.15, 0.2) is 30.3 Å². The molecule has 1 aromatic rings. The van der Waals surface area contributed by atoms with Crippen LogP contribution in [-0.2, 0) is 4.79 Å². The van der Waals surface area contributed by atoms with Gasteiger partial charge in [0.1, 0.15) is 6.04 Å². The molecule has 1 fully saturated rings. The van der Waals surface area contributed by atoms with Crippen molar-refractivity contribution in [1.29, 1.82) is 0 Å². The van der Waals surface area contributed by atoms with E-state index in [1.54, 1.807) is 12.1 Å². The zero-order valence-electron chi connectivity index (χ0n) is 10.3. The fourth-order valence-electron chi connectivity index (χ4n) is 2.50. The molecule has 0 aromatic heterocycles. The SMILES string of the molecule is O=C(O)C(NCC1(O)CCCC1)c1ccccc1. The van der Waals surface area contributed by atoms with E-state index in [2.05, 4.69) is 5.32 Å². The molecule has 4 heteroatoms. The van der Waals surface area contributed by atoms with Crippen molar-refractivity contribution >= 4 is 5.97 Å². The minimum Gasteiger partial charge on any atom is -0.480 e. The van der Waals surface area contributed by atoms with E-state index in [1.165, 1.54) is 0 Å². The van der Waals surface area contributed by atoms with Crippen molar-refractivity contribution in [2.45, 2.75) is 37.3 Å². The van der Waals surface area contributed by atoms with Gasteiger partial charge in [0.25, 0.3) is 0 Å². The Bertz CT molecular complexity index is 399. The van der Waals surface area contributed by atoms with Crippen LogP contribution < -0.4 is 5.32 Å². The quantitative estimate of drug-likeness (QED) is 0.743. The first kappa shape index (κ1) is 13.1. The lowest BCUT2D eigenvalue weighted by Gasteiger charge is -2.25. The molecule has 0 bridgehead atoms. The van der Waals surface area contributed by atoms with E-state index >= 15 is 0 Å². The number of aliphatic hydroxyl groups is 1. The summed E-state index contributed by atoms with van der Waals surface area (Å²) in [6.07, 6.45) is 3.53. The first-order valence-corrected chi connectivity index (χ1v) is 6.34. The number of nitrogens with one attached hydrogen (secondary N) is 1. The normalized spacial score (nSPS) is 19.6. The lowest BCUT2D eigenvalue weighted by Crippen LogP contribution is -2.41. The predicted octanol–water partition coefficient (Wildman–Crippen LogP) is 1.71. The summed E-state index contributed by atoms with van der Waals surface area (Å²) >= 11 is 0. The molecule has 4 nitrogen and oxygen atoms in total. The Labute approximate surface area is 107 Å². The van der Waals surface area contributed by atoms with Crippen LogP contribution in [0.25, 0.3) is 0 Å². The van der Waals surface area contributed by atoms with Crippen molar-refractivity contribution in [3.63, 3.8) is 0 Å². The molecule has 1 aliphatic rings. The summed E-state index contributed by atoms with van der Waals surface area (Å²) in [5.74, 6) is -0.914. The Morgan fingerprint density at radius 2 is 1.89 bits per heavy atom. The Kier molecular flexibility index (Phi) is 3.99. The molecule has 1 aromatic carbocycles. The van der Waals surface area contributed by atoms with Crippen LogP contribution in [0, 0.1) is 0 Å². The second kappa shape index (κ2) is 5.50. The van der Waals surface area contributed by atoms with Gasteiger partial charge in [0.2, 0.25) is 0 Å². The molecule has 98 valence electrons. The topological polar surface area (TPSA) is 69.6 Å². The number of hydrogen-bond acceptors (Lipinski definition) is 3. The second-order valence-corrected chi connectivity index (χ2v) is 4.99. The van der Waals surface area contributed by atoms with Crippen LogP contribution in [0.3, 0.4) is 0 Å². The standard InChI is InChI=1S/C14H19NO3/c16-13(17)12(11-6-2-1-3-7-11)15-10-14(18)8-4-5-9-14/h1-3,6-7,12,15,18H,4-5,8-10H2,(H,16,17). The molecule has 1 aliphatic carbocycles. The summed E-state index contributed by atoms with van der Waals surface area (Å²) in [4.78, 5) is 11.3. The fourth-order valence-corrected chi connectivity index (χ4v) is 2.50. The maximum absolute atomic E-state index is 11.3. The van der Waals surface area contributed by atoms with E-state index in [-0.39, 0.29) is 0 Å². The monoisotopic (exact) mass is 249 g/mol. The summed E-state index contributed by atoms with van der Waals surface area (Å²) in [6, 6.07) is 8.30. The van der Waals surface area contributed by atoms with Gasteiger partial charge in [0.05, 0.1) is 5.60 Å². The van der Waals surface area contributed by atoms with Crippen LogP contribution in [0.5, 0.6) is 0 Å². The fraction of sp³-hybridized carbons (Fsp3) is 0.500. The minimum atomic E-state index is -0.914. The number of carboxylic acid groups (broad SMARTS) is 1. The third-order valence-corrected chi connectivity index (χ3v) is 3.55. The largest absolute Gasteiger partial charge is 0.480 e. The molecule has 3 N–H and O–H groups in total. The molecule has 1 unspecified atom stereocenters. The van der Waals surface area contributed by atoms with Crippen molar-refractivity contribution in [1.82, 2.24) is 5.32 Å². The van der Waals surface area contributed by atoms with Gasteiger partial charge in [-0.15, -0.1) is 0 Å². The van der Waals surface area contributed by atoms with Crippen LogP contribution in [0.4, 0.5) is 0 Å². The van der Waals surface area contributed by atoms with Gasteiger partial charge in [-0.05, 0) is 18.4 Å². The highest BCUT2D eigenvalue weighted by Gasteiger charge is 2.32. The molecule has 0 saturated heterocycles. The van der Waals surface area contributed by atoms with Crippen LogP contribution in [0.1, 0.15) is 37.3 Å². The van der Waals surface area contributed by atoms with Crippen molar-refractivity contribution in [3.8, 4) is 0 Å². The number of carbonyl (C=O) groups is 1. The zero-order chi connectivity index (χ0) is 13.0. The first-order valence-electron chi connectivity index (χ1n) is 6.34. The average molecular weight is 249 g/mol. The van der Waals surface area contributed by atoms with Crippen LogP contribution >= 0.6 is 0 Å². The van der Waals surface area contributed by atoms with E-state index in [9.17, 15) is 15.0 Å². The maximum Gasteiger partial charge on any atom is 0.325 e. The summed E-state index contributed by atoms with van der Waals surface area (Å²) in [5, 5.41) is 22.4. The molecule has 1 atom stereocenters. The lowest BCUT2D eigenvalue weighted by molar-refractivity contribution is -0.140. The molecule has 18 heavy (non-hydrogen) atoms. The summed E-state index contributed by atoms with van der Waals surface area (Å²) in [6.45, 7) is 0.332. The summed E-state index contributed by atoms with van der Waals surface area (Å²) < 4.78 is 0. The number of aliphatic carboxylic acids is 1. The van der Waals surface area contributed by atoms with Gasteiger partial charge in [0, 0.05) is 6.54 Å². The van der Waals surface area contributed by atoms with Crippen LogP contribution in [-0.4, -0.2) is 28.3 Å². The molecular weight excluding hydrogens is 230 g/mol. The van der Waals surface area contributed by atoms with Crippen molar-refractivity contribution < 1.29 is 15.0 Å². The molecule has 0 amide bonds. The summed E-state index contributed by atoms with van der Waals surface area (Å²) in [7, 11) is 0. The van der Waals surface area contributed by atoms with Gasteiger partial charge in [-0.2, -0.15) is 0 Å².